The van der Waals surface area contributed by atoms with Gasteiger partial charge in [-0.2, -0.15) is 0 Å². The highest BCUT2D eigenvalue weighted by Gasteiger charge is 2.48. The summed E-state index contributed by atoms with van der Waals surface area (Å²) in [6.07, 6.45) is 1.83. The van der Waals surface area contributed by atoms with E-state index < -0.39 is 11.6 Å². The van der Waals surface area contributed by atoms with Gasteiger partial charge in [0.15, 0.2) is 5.54 Å². The van der Waals surface area contributed by atoms with Gasteiger partial charge in [0.05, 0.1) is 0 Å². The summed E-state index contributed by atoms with van der Waals surface area (Å²) in [4.78, 5) is 23.5. The number of hydrogen-bond donors (Lipinski definition) is 2. The zero-order valence-electron chi connectivity index (χ0n) is 9.78. The van der Waals surface area contributed by atoms with Gasteiger partial charge in [-0.3, -0.25) is 10.1 Å². The molecule has 17 heavy (non-hydrogen) atoms. The number of imide groups is 1. The fourth-order valence-electron chi connectivity index (χ4n) is 2.07. The zero-order valence-corrected chi connectivity index (χ0v) is 9.78. The molecule has 0 bridgehead atoms. The first-order valence-corrected chi connectivity index (χ1v) is 5.43. The number of carbonyl (C=O) groups is 2. The summed E-state index contributed by atoms with van der Waals surface area (Å²) in [5.41, 5.74) is 0.499. The Morgan fingerprint density at radius 2 is 1.88 bits per heavy atom. The molecule has 0 aliphatic carbocycles. The molecule has 2 N–H and O–H groups in total. The average Bonchev–Trinajstić information content (AvgIpc) is 2.65. The van der Waals surface area contributed by atoms with Gasteiger partial charge in [-0.1, -0.05) is 36.4 Å². The van der Waals surface area contributed by atoms with Gasteiger partial charge in [-0.15, -0.1) is 0 Å². The Kier molecular flexibility index (Phi) is 2.71. The van der Waals surface area contributed by atoms with Crippen molar-refractivity contribution in [1.82, 2.24) is 10.6 Å². The molecule has 1 atom stereocenters. The van der Waals surface area contributed by atoms with Gasteiger partial charge in [0, 0.05) is 0 Å². The van der Waals surface area contributed by atoms with Crippen LogP contribution in [0.5, 0.6) is 0 Å². The first-order chi connectivity index (χ1) is 8.11. The van der Waals surface area contributed by atoms with Gasteiger partial charge >= 0.3 is 6.03 Å². The Hall–Kier alpha value is -2.10. The minimum absolute atomic E-state index is 0.329. The molecule has 1 fully saturated rings. The van der Waals surface area contributed by atoms with Gasteiger partial charge in [-0.05, 0) is 25.0 Å². The van der Waals surface area contributed by atoms with E-state index >= 15 is 0 Å². The van der Waals surface area contributed by atoms with E-state index in [4.69, 9.17) is 0 Å². The van der Waals surface area contributed by atoms with E-state index in [1.54, 1.807) is 0 Å². The van der Waals surface area contributed by atoms with E-state index in [0.717, 1.165) is 11.1 Å². The molecule has 2 rings (SSSR count). The molecular weight excluding hydrogens is 216 g/mol. The van der Waals surface area contributed by atoms with E-state index in [1.807, 2.05) is 50.3 Å². The monoisotopic (exact) mass is 230 g/mol. The van der Waals surface area contributed by atoms with Gasteiger partial charge in [0.1, 0.15) is 0 Å². The third-order valence-electron chi connectivity index (χ3n) is 3.10. The van der Waals surface area contributed by atoms with Crippen LogP contribution in [0.25, 0.3) is 0 Å². The molecule has 88 valence electrons. The zero-order chi connectivity index (χ0) is 12.5. The maximum absolute atomic E-state index is 12.1. The van der Waals surface area contributed by atoms with Crippen molar-refractivity contribution in [1.29, 1.82) is 0 Å². The van der Waals surface area contributed by atoms with Gasteiger partial charge in [-0.25, -0.2) is 4.79 Å². The molecule has 3 amide bonds. The Labute approximate surface area is 99.7 Å². The molecule has 0 saturated carbocycles. The summed E-state index contributed by atoms with van der Waals surface area (Å²) >= 11 is 0. The number of amides is 3. The molecule has 0 aromatic heterocycles. The van der Waals surface area contributed by atoms with Crippen LogP contribution in [-0.2, 0) is 10.3 Å². The minimum Gasteiger partial charge on any atom is -0.316 e. The lowest BCUT2D eigenvalue weighted by Crippen LogP contribution is -2.44. The van der Waals surface area contributed by atoms with E-state index in [9.17, 15) is 9.59 Å². The van der Waals surface area contributed by atoms with E-state index in [-0.39, 0.29) is 5.91 Å². The molecule has 0 spiro atoms. The number of benzene rings is 1. The number of hydrogen-bond acceptors (Lipinski definition) is 2. The van der Waals surface area contributed by atoms with Crippen molar-refractivity contribution in [2.45, 2.75) is 19.4 Å². The van der Waals surface area contributed by atoms with Crippen molar-refractivity contribution in [3.8, 4) is 0 Å². The highest BCUT2D eigenvalue weighted by atomic mass is 16.2. The van der Waals surface area contributed by atoms with Crippen molar-refractivity contribution in [3.05, 3.63) is 47.5 Å². The highest BCUT2D eigenvalue weighted by molar-refractivity contribution is 6.09. The Morgan fingerprint density at radius 1 is 1.24 bits per heavy atom. The number of carbonyl (C=O) groups excluding carboxylic acids is 2. The Bertz CT molecular complexity index is 493. The number of rotatable bonds is 2. The number of nitrogens with one attached hydrogen (secondary N) is 2. The van der Waals surface area contributed by atoms with E-state index in [2.05, 4.69) is 10.6 Å². The molecule has 1 aliphatic rings. The maximum atomic E-state index is 12.1. The van der Waals surface area contributed by atoms with Crippen LogP contribution in [0.15, 0.2) is 42.0 Å². The van der Waals surface area contributed by atoms with Gasteiger partial charge in [0.25, 0.3) is 5.91 Å². The molecule has 1 aromatic rings. The van der Waals surface area contributed by atoms with Gasteiger partial charge in [0.2, 0.25) is 0 Å². The van der Waals surface area contributed by atoms with Crippen LogP contribution in [-0.4, -0.2) is 11.9 Å². The fraction of sp³-hybridized carbons (Fsp3) is 0.231. The van der Waals surface area contributed by atoms with E-state index in [1.165, 1.54) is 0 Å². The van der Waals surface area contributed by atoms with Crippen molar-refractivity contribution in [2.75, 3.05) is 0 Å². The average molecular weight is 230 g/mol. The summed E-state index contributed by atoms with van der Waals surface area (Å²) < 4.78 is 0. The largest absolute Gasteiger partial charge is 0.322 e. The summed E-state index contributed by atoms with van der Waals surface area (Å²) in [6, 6.07) is 8.77. The predicted molar refractivity (Wildman–Crippen MR) is 64.2 cm³/mol. The molecule has 4 heteroatoms. The van der Waals surface area contributed by atoms with Crippen LogP contribution in [0, 0.1) is 0 Å². The summed E-state index contributed by atoms with van der Waals surface area (Å²) in [7, 11) is 0. The molecule has 1 aliphatic heterocycles. The first-order valence-electron chi connectivity index (χ1n) is 5.43. The SMILES string of the molecule is CC=C(C)C1(c2ccccc2)NC(=O)NC1=O. The third kappa shape index (κ3) is 1.62. The topological polar surface area (TPSA) is 58.2 Å². The standard InChI is InChI=1S/C13H14N2O2/c1-3-9(2)13(10-7-5-4-6-8-10)11(16)14-12(17)15-13/h3-8H,1-2H3,(H2,14,15,16,17). The van der Waals surface area contributed by atoms with E-state index in [0.29, 0.717) is 0 Å². The van der Waals surface area contributed by atoms with Crippen LogP contribution in [0.4, 0.5) is 4.79 Å². The maximum Gasteiger partial charge on any atom is 0.322 e. The smallest absolute Gasteiger partial charge is 0.316 e. The summed E-state index contributed by atoms with van der Waals surface area (Å²) in [5, 5.41) is 5.01. The Balaban J connectivity index is 2.61. The van der Waals surface area contributed by atoms with Crippen LogP contribution < -0.4 is 10.6 Å². The van der Waals surface area contributed by atoms with Crippen LogP contribution >= 0.6 is 0 Å². The lowest BCUT2D eigenvalue weighted by molar-refractivity contribution is -0.123. The molecule has 1 unspecified atom stereocenters. The summed E-state index contributed by atoms with van der Waals surface area (Å²) in [5.74, 6) is -0.329. The van der Waals surface area contributed by atoms with Crippen LogP contribution in [0.3, 0.4) is 0 Å². The minimum atomic E-state index is -1.06. The van der Waals surface area contributed by atoms with Crippen LogP contribution in [0.2, 0.25) is 0 Å². The third-order valence-corrected chi connectivity index (χ3v) is 3.10. The highest BCUT2D eigenvalue weighted by Crippen LogP contribution is 2.32. The quantitative estimate of drug-likeness (QED) is 0.600. The molecule has 0 radical (unpaired) electrons. The second-order valence-corrected chi connectivity index (χ2v) is 4.00. The first kappa shape index (κ1) is 11.4. The van der Waals surface area contributed by atoms with Crippen molar-refractivity contribution in [3.63, 3.8) is 0 Å². The van der Waals surface area contributed by atoms with Gasteiger partial charge < -0.3 is 5.32 Å². The van der Waals surface area contributed by atoms with Crippen molar-refractivity contribution in [2.24, 2.45) is 0 Å². The molecule has 1 aromatic carbocycles. The predicted octanol–water partition coefficient (Wildman–Crippen LogP) is 1.69. The summed E-state index contributed by atoms with van der Waals surface area (Å²) in [6.45, 7) is 3.68. The Morgan fingerprint density at radius 3 is 2.35 bits per heavy atom. The normalized spacial score (nSPS) is 24.5. The molecule has 4 nitrogen and oxygen atoms in total. The fourth-order valence-corrected chi connectivity index (χ4v) is 2.07. The molecule has 1 saturated heterocycles. The van der Waals surface area contributed by atoms with Crippen molar-refractivity contribution < 1.29 is 9.59 Å². The molecule has 1 heterocycles. The second-order valence-electron chi connectivity index (χ2n) is 4.00. The van der Waals surface area contributed by atoms with Crippen LogP contribution in [0.1, 0.15) is 19.4 Å². The molecular formula is C13H14N2O2. The second kappa shape index (κ2) is 4.05. The lowest BCUT2D eigenvalue weighted by atomic mass is 9.83. The number of allylic oxidation sites excluding steroid dienone is 1. The number of urea groups is 1. The lowest BCUT2D eigenvalue weighted by Gasteiger charge is -2.27. The van der Waals surface area contributed by atoms with Crippen molar-refractivity contribution >= 4 is 11.9 Å².